The monoisotopic (exact) mass is 554 g/mol. The van der Waals surface area contributed by atoms with Gasteiger partial charge in [-0.3, -0.25) is 24.1 Å². The summed E-state index contributed by atoms with van der Waals surface area (Å²) in [5.74, 6) is -6.88. The molecule has 8 N–H and O–H groups in total. The van der Waals surface area contributed by atoms with Gasteiger partial charge >= 0.3 is 11.8 Å². The minimum atomic E-state index is -2.51. The number of nitrogens with zero attached hydrogens (tertiary/aromatic N) is 1. The molecule has 0 aliphatic heterocycles. The normalized spacial score (nSPS) is 28.2. The van der Waals surface area contributed by atoms with Gasteiger partial charge in [-0.15, -0.1) is 0 Å². The number of phenols is 1. The Morgan fingerprint density at radius 3 is 2.38 bits per heavy atom. The summed E-state index contributed by atoms with van der Waals surface area (Å²) < 4.78 is 0. The van der Waals surface area contributed by atoms with Crippen LogP contribution >= 0.6 is 0 Å². The zero-order valence-corrected chi connectivity index (χ0v) is 22.4. The number of aliphatic hydroxyl groups is 3. The van der Waals surface area contributed by atoms with Gasteiger partial charge < -0.3 is 36.8 Å². The van der Waals surface area contributed by atoms with E-state index in [1.807, 2.05) is 0 Å². The molecule has 1 aromatic rings. The maximum absolute atomic E-state index is 13.3. The van der Waals surface area contributed by atoms with Gasteiger partial charge in [-0.25, -0.2) is 0 Å². The lowest BCUT2D eigenvalue weighted by Gasteiger charge is -2.50. The van der Waals surface area contributed by atoms with Crippen LogP contribution in [0.3, 0.4) is 0 Å². The molecule has 12 heteroatoms. The van der Waals surface area contributed by atoms with Crippen LogP contribution in [0.2, 0.25) is 0 Å². The number of fused-ring (bicyclic) bond motifs is 3. The minimum absolute atomic E-state index is 0.0153. The Bertz CT molecular complexity index is 1380. The molecule has 12 nitrogen and oxygen atoms in total. The van der Waals surface area contributed by atoms with Crippen LogP contribution in [-0.4, -0.2) is 80.6 Å². The maximum Gasteiger partial charge on any atom is 0.313 e. The summed E-state index contributed by atoms with van der Waals surface area (Å²) in [7, 11) is 3.23. The Kier molecular flexibility index (Phi) is 6.87. The van der Waals surface area contributed by atoms with Crippen LogP contribution in [0, 0.1) is 11.8 Å². The molecule has 1 fully saturated rings. The second-order valence-electron chi connectivity index (χ2n) is 11.4. The molecule has 0 aromatic heterocycles. The molecule has 3 unspecified atom stereocenters. The molecule has 0 spiro atoms. The predicted molar refractivity (Wildman–Crippen MR) is 142 cm³/mol. The summed E-state index contributed by atoms with van der Waals surface area (Å²) in [6, 6.07) is 2.20. The number of Topliss-reactive ketones (excluding diaryl/α,β-unsaturated/α-hetero) is 1. The molecule has 0 saturated heterocycles. The topological polar surface area (TPSA) is 203 Å². The Morgan fingerprint density at radius 1 is 1.07 bits per heavy atom. The van der Waals surface area contributed by atoms with E-state index in [9.17, 15) is 39.6 Å². The SMILES string of the molecule is CN(C)[C@@H]1C(O)=C(C(N)=O)C(=O)C2(O)C(O)=C3Cc4c(ccc(NC(=O)C(=O)NC5CCCC5)c4O)CC3CC12. The highest BCUT2D eigenvalue weighted by molar-refractivity contribution is 6.39. The van der Waals surface area contributed by atoms with Crippen molar-refractivity contribution < 1.29 is 39.6 Å². The van der Waals surface area contributed by atoms with E-state index >= 15 is 0 Å². The summed E-state index contributed by atoms with van der Waals surface area (Å²) in [6.07, 6.45) is 4.08. The molecule has 4 aliphatic carbocycles. The third-order valence-corrected chi connectivity index (χ3v) is 8.88. The number of amides is 3. The molecule has 40 heavy (non-hydrogen) atoms. The van der Waals surface area contributed by atoms with Gasteiger partial charge in [-0.05, 0) is 62.9 Å². The number of nitrogens with one attached hydrogen (secondary N) is 2. The number of rotatable bonds is 4. The zero-order valence-electron chi connectivity index (χ0n) is 22.4. The molecule has 3 amide bonds. The quantitative estimate of drug-likeness (QED) is 0.157. The van der Waals surface area contributed by atoms with E-state index in [0.29, 0.717) is 17.6 Å². The van der Waals surface area contributed by atoms with E-state index in [4.69, 9.17) is 5.73 Å². The number of aromatic hydroxyl groups is 1. The molecule has 0 heterocycles. The number of anilines is 1. The van der Waals surface area contributed by atoms with Crippen molar-refractivity contribution in [2.45, 2.75) is 62.6 Å². The van der Waals surface area contributed by atoms with E-state index < -0.39 is 58.2 Å². The number of carbonyl (C=O) groups excluding carboxylic acids is 4. The second-order valence-corrected chi connectivity index (χ2v) is 11.4. The lowest BCUT2D eigenvalue weighted by molar-refractivity contribution is -0.148. The first-order valence-electron chi connectivity index (χ1n) is 13.4. The minimum Gasteiger partial charge on any atom is -0.510 e. The standard InChI is InChI=1S/C28H34N4O8/c1-32(2)20-17-10-13-9-12-7-8-18(31-27(39)26(38)30-14-5-3-4-6-14)21(33)15(12)11-16(13)23(35)28(17,40)24(36)19(22(20)34)25(29)37/h7-8,13-14,17,20,33-35,40H,3-6,9-11H2,1-2H3,(H2,29,37)(H,30,38)(H,31,39)/t13?,17?,20-,28?/m0/s1. The molecule has 5 rings (SSSR count). The number of primary amides is 1. The van der Waals surface area contributed by atoms with Crippen molar-refractivity contribution in [1.29, 1.82) is 0 Å². The number of benzene rings is 1. The smallest absolute Gasteiger partial charge is 0.313 e. The predicted octanol–water partition coefficient (Wildman–Crippen LogP) is 0.478. The number of allylic oxidation sites excluding steroid dienone is 1. The highest BCUT2D eigenvalue weighted by Gasteiger charge is 2.62. The third-order valence-electron chi connectivity index (χ3n) is 8.88. The number of hydrogen-bond acceptors (Lipinski definition) is 9. The molecule has 4 aliphatic rings. The Hall–Kier alpha value is -3.90. The molecule has 0 bridgehead atoms. The average molecular weight is 555 g/mol. The van der Waals surface area contributed by atoms with Gasteiger partial charge in [0.05, 0.1) is 11.7 Å². The molecular weight excluding hydrogens is 520 g/mol. The van der Waals surface area contributed by atoms with Crippen LogP contribution in [0.4, 0.5) is 5.69 Å². The number of likely N-dealkylation sites (N-methyl/N-ethyl adjacent to an activating group) is 1. The van der Waals surface area contributed by atoms with Crippen molar-refractivity contribution in [2.24, 2.45) is 17.6 Å². The van der Waals surface area contributed by atoms with Crippen LogP contribution in [-0.2, 0) is 32.0 Å². The average Bonchev–Trinajstić information content (AvgIpc) is 3.40. The van der Waals surface area contributed by atoms with Crippen LogP contribution in [0.5, 0.6) is 5.75 Å². The number of carbonyl (C=O) groups is 4. The largest absolute Gasteiger partial charge is 0.510 e. The number of aliphatic hydroxyl groups excluding tert-OH is 2. The van der Waals surface area contributed by atoms with Gasteiger partial charge in [-0.2, -0.15) is 0 Å². The first-order valence-corrected chi connectivity index (χ1v) is 13.4. The second kappa shape index (κ2) is 9.93. The number of hydrogen-bond donors (Lipinski definition) is 7. The Labute approximate surface area is 230 Å². The fourth-order valence-electron chi connectivity index (χ4n) is 6.91. The zero-order chi connectivity index (χ0) is 29.1. The first-order chi connectivity index (χ1) is 18.9. The fourth-order valence-corrected chi connectivity index (χ4v) is 6.91. The molecule has 4 atom stereocenters. The molecule has 0 radical (unpaired) electrons. The number of ketones is 1. The molecule has 1 saturated carbocycles. The van der Waals surface area contributed by atoms with E-state index in [2.05, 4.69) is 10.6 Å². The van der Waals surface area contributed by atoms with E-state index in [-0.39, 0.29) is 36.2 Å². The summed E-state index contributed by atoms with van der Waals surface area (Å²) in [5.41, 5.74) is 3.53. The maximum atomic E-state index is 13.3. The summed E-state index contributed by atoms with van der Waals surface area (Å²) >= 11 is 0. The Morgan fingerprint density at radius 2 is 1.75 bits per heavy atom. The first kappa shape index (κ1) is 27.7. The fraction of sp³-hybridized carbons (Fsp3) is 0.500. The van der Waals surface area contributed by atoms with Crippen LogP contribution in [0.1, 0.15) is 43.2 Å². The van der Waals surface area contributed by atoms with Gasteiger partial charge in [0.15, 0.2) is 5.60 Å². The van der Waals surface area contributed by atoms with Gasteiger partial charge in [0.2, 0.25) is 5.78 Å². The summed E-state index contributed by atoms with van der Waals surface area (Å²) in [6.45, 7) is 0. The highest BCUT2D eigenvalue weighted by Crippen LogP contribution is 2.52. The van der Waals surface area contributed by atoms with Crippen molar-refractivity contribution in [3.63, 3.8) is 0 Å². The number of phenolic OH excluding ortho intramolecular Hbond substituents is 1. The van der Waals surface area contributed by atoms with Crippen LogP contribution in [0.15, 0.2) is 34.8 Å². The summed E-state index contributed by atoms with van der Waals surface area (Å²) in [4.78, 5) is 51.8. The van der Waals surface area contributed by atoms with E-state index in [1.54, 1.807) is 25.1 Å². The van der Waals surface area contributed by atoms with Gasteiger partial charge in [0.1, 0.15) is 22.8 Å². The van der Waals surface area contributed by atoms with Crippen molar-refractivity contribution >= 4 is 29.2 Å². The van der Waals surface area contributed by atoms with Gasteiger partial charge in [-0.1, -0.05) is 18.9 Å². The van der Waals surface area contributed by atoms with Crippen LogP contribution in [0.25, 0.3) is 0 Å². The third kappa shape index (κ3) is 4.22. The van der Waals surface area contributed by atoms with Crippen molar-refractivity contribution in [2.75, 3.05) is 19.4 Å². The lowest BCUT2D eigenvalue weighted by Crippen LogP contribution is -2.63. The molecule has 214 valence electrons. The molecular formula is C28H34N4O8. The summed E-state index contributed by atoms with van der Waals surface area (Å²) in [5, 5.41) is 50.1. The van der Waals surface area contributed by atoms with Crippen molar-refractivity contribution in [1.82, 2.24) is 10.2 Å². The highest BCUT2D eigenvalue weighted by atomic mass is 16.3. The van der Waals surface area contributed by atoms with E-state index in [1.165, 1.54) is 6.07 Å². The van der Waals surface area contributed by atoms with Gasteiger partial charge in [0.25, 0.3) is 5.91 Å². The lowest BCUT2D eigenvalue weighted by atomic mass is 9.59. The van der Waals surface area contributed by atoms with E-state index in [0.717, 1.165) is 31.2 Å². The van der Waals surface area contributed by atoms with Crippen molar-refractivity contribution in [3.05, 3.63) is 45.9 Å². The molecule has 1 aromatic carbocycles. The van der Waals surface area contributed by atoms with Crippen molar-refractivity contribution in [3.8, 4) is 5.75 Å². The number of nitrogens with two attached hydrogens (primary N) is 1. The van der Waals surface area contributed by atoms with Crippen LogP contribution < -0.4 is 16.4 Å². The Balaban J connectivity index is 1.47. The van der Waals surface area contributed by atoms with Gasteiger partial charge in [0, 0.05) is 23.9 Å².